The van der Waals surface area contributed by atoms with Crippen LogP contribution < -0.4 is 0 Å². The quantitative estimate of drug-likeness (QED) is 0.683. The molecule has 1 saturated carbocycles. The maximum atomic E-state index is 5.99. The smallest absolute Gasteiger partial charge is 0.0501 e. The summed E-state index contributed by atoms with van der Waals surface area (Å²) in [4.78, 5) is 4.51. The van der Waals surface area contributed by atoms with Gasteiger partial charge in [0, 0.05) is 11.2 Å². The van der Waals surface area contributed by atoms with Gasteiger partial charge >= 0.3 is 0 Å². The molecule has 1 aromatic carbocycles. The first-order chi connectivity index (χ1) is 7.16. The molecule has 1 aromatic rings. The van der Waals surface area contributed by atoms with E-state index in [9.17, 15) is 0 Å². The van der Waals surface area contributed by atoms with Gasteiger partial charge in [0.25, 0.3) is 0 Å². The van der Waals surface area contributed by atoms with Gasteiger partial charge in [-0.25, -0.2) is 0 Å². The minimum Gasteiger partial charge on any atom is -0.289 e. The van der Waals surface area contributed by atoms with Crippen molar-refractivity contribution in [2.75, 3.05) is 0 Å². The van der Waals surface area contributed by atoms with Crippen LogP contribution in [0, 0.1) is 0 Å². The lowest BCUT2D eigenvalue weighted by molar-refractivity contribution is 0.864. The molecule has 15 heavy (non-hydrogen) atoms. The molecule has 80 valence electrons. The maximum Gasteiger partial charge on any atom is 0.0501 e. The lowest BCUT2D eigenvalue weighted by atomic mass is 9.98. The van der Waals surface area contributed by atoms with Crippen molar-refractivity contribution in [3.05, 3.63) is 34.3 Å². The van der Waals surface area contributed by atoms with Crippen LogP contribution in [0.25, 0.3) is 0 Å². The fraction of sp³-hybridized carbons (Fsp3) is 0.462. The Morgan fingerprint density at radius 1 is 1.40 bits per heavy atom. The minimum absolute atomic E-state index is 0.517. The minimum atomic E-state index is 0.517. The van der Waals surface area contributed by atoms with E-state index in [0.29, 0.717) is 12.0 Å². The molecule has 0 N–H and O–H groups in total. The largest absolute Gasteiger partial charge is 0.289 e. The predicted octanol–water partition coefficient (Wildman–Crippen LogP) is 4.04. The van der Waals surface area contributed by atoms with E-state index in [0.717, 1.165) is 5.02 Å². The van der Waals surface area contributed by atoms with Gasteiger partial charge in [-0.1, -0.05) is 31.5 Å². The van der Waals surface area contributed by atoms with E-state index in [2.05, 4.69) is 24.9 Å². The van der Waals surface area contributed by atoms with Crippen molar-refractivity contribution in [2.45, 2.75) is 38.6 Å². The Morgan fingerprint density at radius 2 is 2.13 bits per heavy atom. The molecule has 0 radical (unpaired) electrons. The Bertz CT molecular complexity index is 378. The highest BCUT2D eigenvalue weighted by molar-refractivity contribution is 6.30. The molecular formula is C13H16ClN. The van der Waals surface area contributed by atoms with Gasteiger partial charge in [0.2, 0.25) is 0 Å². The van der Waals surface area contributed by atoms with E-state index in [4.69, 9.17) is 11.6 Å². The number of halogens is 1. The van der Waals surface area contributed by atoms with Crippen LogP contribution in [0.1, 0.15) is 43.7 Å². The second-order valence-corrected chi connectivity index (χ2v) is 4.87. The van der Waals surface area contributed by atoms with Crippen molar-refractivity contribution in [3.8, 4) is 0 Å². The molecule has 0 aromatic heterocycles. The molecule has 2 heteroatoms. The van der Waals surface area contributed by atoms with Crippen LogP contribution in [0.5, 0.6) is 0 Å². The summed E-state index contributed by atoms with van der Waals surface area (Å²) < 4.78 is 0. The van der Waals surface area contributed by atoms with E-state index in [-0.39, 0.29) is 0 Å². The molecule has 0 amide bonds. The van der Waals surface area contributed by atoms with Gasteiger partial charge in [-0.2, -0.15) is 0 Å². The van der Waals surface area contributed by atoms with Crippen LogP contribution in [0.4, 0.5) is 0 Å². The van der Waals surface area contributed by atoms with Gasteiger partial charge in [0.05, 0.1) is 6.04 Å². The second-order valence-electron chi connectivity index (χ2n) is 4.44. The number of rotatable bonds is 3. The van der Waals surface area contributed by atoms with Crippen LogP contribution in [0.3, 0.4) is 0 Å². The van der Waals surface area contributed by atoms with E-state index in [1.54, 1.807) is 0 Å². The summed E-state index contributed by atoms with van der Waals surface area (Å²) in [5.74, 6) is 0.517. The van der Waals surface area contributed by atoms with Crippen molar-refractivity contribution in [2.24, 2.45) is 4.99 Å². The number of hydrogen-bond donors (Lipinski definition) is 0. The lowest BCUT2D eigenvalue weighted by Crippen LogP contribution is -1.95. The maximum absolute atomic E-state index is 5.99. The molecule has 0 atom stereocenters. The molecule has 2 rings (SSSR count). The third-order valence-corrected chi connectivity index (χ3v) is 2.88. The monoisotopic (exact) mass is 221 g/mol. The number of nitrogens with zero attached hydrogens (tertiary/aromatic N) is 1. The highest BCUT2D eigenvalue weighted by Crippen LogP contribution is 2.25. The Kier molecular flexibility index (Phi) is 3.11. The molecule has 1 nitrogen and oxygen atoms in total. The van der Waals surface area contributed by atoms with Crippen molar-refractivity contribution in [1.29, 1.82) is 0 Å². The Balaban J connectivity index is 2.28. The van der Waals surface area contributed by atoms with Gasteiger partial charge in [0.15, 0.2) is 0 Å². The number of hydrogen-bond acceptors (Lipinski definition) is 1. The third kappa shape index (κ3) is 2.82. The topological polar surface area (TPSA) is 12.4 Å². The van der Waals surface area contributed by atoms with Crippen molar-refractivity contribution >= 4 is 17.8 Å². The van der Waals surface area contributed by atoms with Crippen molar-refractivity contribution in [1.82, 2.24) is 0 Å². The number of benzene rings is 1. The highest BCUT2D eigenvalue weighted by atomic mass is 35.5. The SMILES string of the molecule is CC(C)c1ccc(Cl)cc1/C=N/C1CC1. The molecule has 1 aliphatic rings. The first-order valence-corrected chi connectivity index (χ1v) is 5.87. The summed E-state index contributed by atoms with van der Waals surface area (Å²) in [6.45, 7) is 4.38. The van der Waals surface area contributed by atoms with Crippen molar-refractivity contribution < 1.29 is 0 Å². The molecule has 0 unspecified atom stereocenters. The molecule has 0 saturated heterocycles. The van der Waals surface area contributed by atoms with E-state index in [1.165, 1.54) is 24.0 Å². The zero-order valence-electron chi connectivity index (χ0n) is 9.20. The summed E-state index contributed by atoms with van der Waals surface area (Å²) in [6, 6.07) is 6.62. The molecular weight excluding hydrogens is 206 g/mol. The molecule has 1 aliphatic carbocycles. The summed E-state index contributed by atoms with van der Waals surface area (Å²) in [6.07, 6.45) is 4.47. The normalized spacial score (nSPS) is 16.5. The first-order valence-electron chi connectivity index (χ1n) is 5.49. The number of aliphatic imine (C=N–C) groups is 1. The average Bonchev–Trinajstić information content (AvgIpc) is 2.97. The molecule has 1 fully saturated rings. The van der Waals surface area contributed by atoms with E-state index >= 15 is 0 Å². The standard InChI is InChI=1S/C13H16ClN/c1-9(2)13-6-3-11(14)7-10(13)8-15-12-4-5-12/h3,6-9,12H,4-5H2,1-2H3/b15-8+. The Labute approximate surface area is 96.2 Å². The first kappa shape index (κ1) is 10.7. The second kappa shape index (κ2) is 4.36. The Hall–Kier alpha value is -0.820. The molecule has 0 bridgehead atoms. The van der Waals surface area contributed by atoms with E-state index < -0.39 is 0 Å². The lowest BCUT2D eigenvalue weighted by Gasteiger charge is -2.09. The Morgan fingerprint density at radius 3 is 2.73 bits per heavy atom. The van der Waals surface area contributed by atoms with Crippen LogP contribution in [0.2, 0.25) is 5.02 Å². The molecule has 0 aliphatic heterocycles. The van der Waals surface area contributed by atoms with E-state index in [1.807, 2.05) is 18.3 Å². The predicted molar refractivity (Wildman–Crippen MR) is 66.2 cm³/mol. The summed E-state index contributed by atoms with van der Waals surface area (Å²) in [7, 11) is 0. The van der Waals surface area contributed by atoms with Gasteiger partial charge < -0.3 is 0 Å². The van der Waals surface area contributed by atoms with Crippen LogP contribution >= 0.6 is 11.6 Å². The average molecular weight is 222 g/mol. The van der Waals surface area contributed by atoms with Crippen LogP contribution in [0.15, 0.2) is 23.2 Å². The van der Waals surface area contributed by atoms with Crippen LogP contribution in [-0.2, 0) is 0 Å². The zero-order chi connectivity index (χ0) is 10.8. The zero-order valence-corrected chi connectivity index (χ0v) is 9.96. The third-order valence-electron chi connectivity index (χ3n) is 2.64. The molecule has 0 spiro atoms. The van der Waals surface area contributed by atoms with Gasteiger partial charge in [-0.3, -0.25) is 4.99 Å². The molecule has 0 heterocycles. The van der Waals surface area contributed by atoms with Crippen LogP contribution in [-0.4, -0.2) is 12.3 Å². The van der Waals surface area contributed by atoms with Gasteiger partial charge in [-0.15, -0.1) is 0 Å². The highest BCUT2D eigenvalue weighted by Gasteiger charge is 2.19. The summed E-state index contributed by atoms with van der Waals surface area (Å²) >= 11 is 5.99. The fourth-order valence-electron chi connectivity index (χ4n) is 1.59. The van der Waals surface area contributed by atoms with Gasteiger partial charge in [-0.05, 0) is 42.0 Å². The van der Waals surface area contributed by atoms with Gasteiger partial charge in [0.1, 0.15) is 0 Å². The van der Waals surface area contributed by atoms with Crippen molar-refractivity contribution in [3.63, 3.8) is 0 Å². The summed E-state index contributed by atoms with van der Waals surface area (Å²) in [5, 5.41) is 0.789. The summed E-state index contributed by atoms with van der Waals surface area (Å²) in [5.41, 5.74) is 2.49. The fourth-order valence-corrected chi connectivity index (χ4v) is 1.77.